The molecule has 0 spiro atoms. The monoisotopic (exact) mass is 614 g/mol. The Bertz CT molecular complexity index is 1670. The summed E-state index contributed by atoms with van der Waals surface area (Å²) in [6, 6.07) is 26.0. The molecule has 2 aromatic heterocycles. The van der Waals surface area contributed by atoms with E-state index in [0.717, 1.165) is 29.8 Å². The van der Waals surface area contributed by atoms with Gasteiger partial charge >= 0.3 is 0 Å². The quantitative estimate of drug-likeness (QED) is 0.138. The number of carbonyl (C=O) groups is 1. The van der Waals surface area contributed by atoms with Crippen LogP contribution in [0, 0.1) is 5.82 Å². The molecule has 0 aliphatic heterocycles. The van der Waals surface area contributed by atoms with Crippen LogP contribution in [-0.2, 0) is 22.6 Å². The van der Waals surface area contributed by atoms with Crippen LogP contribution < -0.4 is 10.1 Å². The van der Waals surface area contributed by atoms with Gasteiger partial charge in [-0.15, -0.1) is 10.2 Å². The molecule has 1 amide bonds. The third kappa shape index (κ3) is 7.53. The summed E-state index contributed by atoms with van der Waals surface area (Å²) < 4.78 is 28.7. The number of anilines is 1. The molecule has 0 saturated heterocycles. The van der Waals surface area contributed by atoms with E-state index in [0.29, 0.717) is 23.4 Å². The van der Waals surface area contributed by atoms with Gasteiger partial charge in [-0.25, -0.2) is 9.07 Å². The maximum absolute atomic E-state index is 14.1. The van der Waals surface area contributed by atoms with Crippen LogP contribution in [-0.4, -0.2) is 49.9 Å². The summed E-state index contributed by atoms with van der Waals surface area (Å²) in [5, 5.41) is 17.0. The Morgan fingerprint density at radius 3 is 2.50 bits per heavy atom. The first-order valence-corrected chi connectivity index (χ1v) is 15.4. The summed E-state index contributed by atoms with van der Waals surface area (Å²) in [5.74, 6) is 0.574. The third-order valence-corrected chi connectivity index (χ3v) is 7.82. The minimum absolute atomic E-state index is 0.00715. The number of thioether (sulfide) groups is 1. The molecule has 0 radical (unpaired) electrons. The number of benzene rings is 3. The minimum Gasteiger partial charge on any atom is -0.483 e. The summed E-state index contributed by atoms with van der Waals surface area (Å²) in [6.45, 7) is 4.52. The van der Waals surface area contributed by atoms with Gasteiger partial charge in [-0.1, -0.05) is 79.7 Å². The van der Waals surface area contributed by atoms with Crippen LogP contribution in [0.15, 0.2) is 90.1 Å². The number of aryl methyl sites for hydroxylation is 1. The molecule has 228 valence electrons. The standard InChI is InChI=1S/C33H35FN6O3S/c1-4-10-24-15-17-25(18-16-24)28-19-30(40(38-28)26-11-6-5-7-12-26)35-32(41)22-44-33-37-36-31(39(33)23(2)20-42-3)21-43-29-14-9-8-13-27(29)34/h5-9,11-19,23H,4,10,20-22H2,1-3H3,(H,35,41). The summed E-state index contributed by atoms with van der Waals surface area (Å²) in [6.07, 6.45) is 2.11. The molecule has 0 fully saturated rings. The van der Waals surface area contributed by atoms with Gasteiger partial charge in [-0.3, -0.25) is 9.36 Å². The Morgan fingerprint density at radius 2 is 1.77 bits per heavy atom. The smallest absolute Gasteiger partial charge is 0.236 e. The Morgan fingerprint density at radius 1 is 1.02 bits per heavy atom. The van der Waals surface area contributed by atoms with Gasteiger partial charge in [-0.2, -0.15) is 5.10 Å². The number of ether oxygens (including phenoxy) is 2. The van der Waals surface area contributed by atoms with Crippen molar-refractivity contribution in [3.8, 4) is 22.7 Å². The fourth-order valence-electron chi connectivity index (χ4n) is 4.78. The van der Waals surface area contributed by atoms with Crippen molar-refractivity contribution < 1.29 is 18.7 Å². The Hall–Kier alpha value is -4.48. The fourth-order valence-corrected chi connectivity index (χ4v) is 5.64. The number of hydrogen-bond donors (Lipinski definition) is 1. The van der Waals surface area contributed by atoms with E-state index in [1.165, 1.54) is 23.4 Å². The van der Waals surface area contributed by atoms with E-state index >= 15 is 0 Å². The maximum Gasteiger partial charge on any atom is 0.236 e. The molecule has 0 aliphatic carbocycles. The van der Waals surface area contributed by atoms with E-state index in [4.69, 9.17) is 14.6 Å². The van der Waals surface area contributed by atoms with Gasteiger partial charge in [0, 0.05) is 18.7 Å². The predicted molar refractivity (Wildman–Crippen MR) is 170 cm³/mol. The zero-order chi connectivity index (χ0) is 30.9. The molecule has 9 nitrogen and oxygen atoms in total. The summed E-state index contributed by atoms with van der Waals surface area (Å²) in [7, 11) is 1.61. The van der Waals surface area contributed by atoms with Crippen LogP contribution in [0.2, 0.25) is 0 Å². The van der Waals surface area contributed by atoms with Crippen molar-refractivity contribution >= 4 is 23.5 Å². The Kier molecular flexibility index (Phi) is 10.4. The van der Waals surface area contributed by atoms with Gasteiger partial charge in [0.25, 0.3) is 0 Å². The summed E-state index contributed by atoms with van der Waals surface area (Å²) >= 11 is 1.25. The number of amides is 1. The van der Waals surface area contributed by atoms with Gasteiger partial charge in [0.05, 0.1) is 29.8 Å². The summed E-state index contributed by atoms with van der Waals surface area (Å²) in [5.41, 5.74) is 3.83. The number of nitrogens with one attached hydrogen (secondary N) is 1. The number of aromatic nitrogens is 5. The van der Waals surface area contributed by atoms with Crippen molar-refractivity contribution in [3.05, 3.63) is 102 Å². The lowest BCUT2D eigenvalue weighted by molar-refractivity contribution is -0.113. The zero-order valence-electron chi connectivity index (χ0n) is 24.9. The average Bonchev–Trinajstić information content (AvgIpc) is 3.65. The van der Waals surface area contributed by atoms with Gasteiger partial charge in [0.1, 0.15) is 12.4 Å². The van der Waals surface area contributed by atoms with Crippen LogP contribution in [0.1, 0.15) is 37.7 Å². The van der Waals surface area contributed by atoms with Crippen LogP contribution in [0.4, 0.5) is 10.2 Å². The van der Waals surface area contributed by atoms with Crippen molar-refractivity contribution in [1.29, 1.82) is 0 Å². The molecule has 11 heteroatoms. The SMILES string of the molecule is CCCc1ccc(-c2cc(NC(=O)CSc3nnc(COc4ccccc4F)n3C(C)COC)n(-c3ccccc3)n2)cc1. The molecule has 2 heterocycles. The zero-order valence-corrected chi connectivity index (χ0v) is 25.8. The highest BCUT2D eigenvalue weighted by molar-refractivity contribution is 7.99. The molecule has 0 aliphatic rings. The first-order chi connectivity index (χ1) is 21.5. The van der Waals surface area contributed by atoms with Gasteiger partial charge < -0.3 is 14.8 Å². The number of methoxy groups -OCH3 is 1. The molecule has 0 bridgehead atoms. The number of hydrogen-bond acceptors (Lipinski definition) is 7. The molecule has 3 aromatic carbocycles. The molecule has 44 heavy (non-hydrogen) atoms. The van der Waals surface area contributed by atoms with E-state index in [1.807, 2.05) is 47.9 Å². The molecule has 1 unspecified atom stereocenters. The molecular weight excluding hydrogens is 579 g/mol. The van der Waals surface area contributed by atoms with Crippen molar-refractivity contribution in [2.24, 2.45) is 0 Å². The minimum atomic E-state index is -0.457. The molecule has 5 aromatic rings. The van der Waals surface area contributed by atoms with Crippen LogP contribution >= 0.6 is 11.8 Å². The lowest BCUT2D eigenvalue weighted by Gasteiger charge is -2.17. The second kappa shape index (κ2) is 14.8. The average molecular weight is 615 g/mol. The Labute approximate surface area is 260 Å². The van der Waals surface area contributed by atoms with Crippen LogP contribution in [0.5, 0.6) is 5.75 Å². The topological polar surface area (TPSA) is 96.1 Å². The maximum atomic E-state index is 14.1. The summed E-state index contributed by atoms with van der Waals surface area (Å²) in [4.78, 5) is 13.3. The van der Waals surface area contributed by atoms with Gasteiger partial charge in [0.15, 0.2) is 22.5 Å². The van der Waals surface area contributed by atoms with Crippen LogP contribution in [0.25, 0.3) is 16.9 Å². The Balaban J connectivity index is 1.32. The number of para-hydroxylation sites is 2. The van der Waals surface area contributed by atoms with E-state index in [9.17, 15) is 9.18 Å². The van der Waals surface area contributed by atoms with Gasteiger partial charge in [0.2, 0.25) is 5.91 Å². The molecule has 5 rings (SSSR count). The largest absolute Gasteiger partial charge is 0.483 e. The number of rotatable bonds is 14. The molecule has 1 atom stereocenters. The number of nitrogens with zero attached hydrogens (tertiary/aromatic N) is 5. The van der Waals surface area contributed by atoms with E-state index in [-0.39, 0.29) is 30.1 Å². The van der Waals surface area contributed by atoms with Gasteiger partial charge in [-0.05, 0) is 43.2 Å². The number of carbonyl (C=O) groups excluding carboxylic acids is 1. The molecule has 0 saturated carbocycles. The van der Waals surface area contributed by atoms with E-state index < -0.39 is 5.82 Å². The van der Waals surface area contributed by atoms with Crippen molar-refractivity contribution in [2.75, 3.05) is 24.8 Å². The highest BCUT2D eigenvalue weighted by Crippen LogP contribution is 2.27. The van der Waals surface area contributed by atoms with Crippen LogP contribution in [0.3, 0.4) is 0 Å². The van der Waals surface area contributed by atoms with Crippen molar-refractivity contribution in [1.82, 2.24) is 24.5 Å². The molecular formula is C33H35FN6O3S. The second-order valence-corrected chi connectivity index (χ2v) is 11.2. The normalized spacial score (nSPS) is 11.8. The van der Waals surface area contributed by atoms with E-state index in [1.54, 1.807) is 30.0 Å². The third-order valence-electron chi connectivity index (χ3n) is 6.88. The first kappa shape index (κ1) is 31.0. The van der Waals surface area contributed by atoms with Crippen molar-refractivity contribution in [3.63, 3.8) is 0 Å². The lowest BCUT2D eigenvalue weighted by atomic mass is 10.1. The van der Waals surface area contributed by atoms with E-state index in [2.05, 4.69) is 46.7 Å². The number of halogens is 1. The second-order valence-electron chi connectivity index (χ2n) is 10.2. The van der Waals surface area contributed by atoms with Crippen molar-refractivity contribution in [2.45, 2.75) is 44.5 Å². The first-order valence-electron chi connectivity index (χ1n) is 14.4. The predicted octanol–water partition coefficient (Wildman–Crippen LogP) is 6.74. The lowest BCUT2D eigenvalue weighted by Crippen LogP contribution is -2.19. The molecule has 1 N–H and O–H groups in total. The fraction of sp³-hybridized carbons (Fsp3) is 0.273. The highest BCUT2D eigenvalue weighted by atomic mass is 32.2. The highest BCUT2D eigenvalue weighted by Gasteiger charge is 2.21.